The highest BCUT2D eigenvalue weighted by Crippen LogP contribution is 2.26. The van der Waals surface area contributed by atoms with E-state index in [9.17, 15) is 0 Å². The van der Waals surface area contributed by atoms with Crippen LogP contribution >= 0.6 is 0 Å². The molecule has 1 aliphatic rings. The second-order valence-electron chi connectivity index (χ2n) is 2.77. The third-order valence-electron chi connectivity index (χ3n) is 1.85. The predicted octanol–water partition coefficient (Wildman–Crippen LogP) is 0.888. The third-order valence-corrected chi connectivity index (χ3v) is 1.85. The van der Waals surface area contributed by atoms with Crippen LogP contribution in [-0.4, -0.2) is 24.0 Å². The molecule has 0 bridgehead atoms. The van der Waals surface area contributed by atoms with Crippen molar-refractivity contribution in [2.24, 2.45) is 0 Å². The van der Waals surface area contributed by atoms with Crippen LogP contribution in [0.15, 0.2) is 0 Å². The summed E-state index contributed by atoms with van der Waals surface area (Å²) < 4.78 is 0. The van der Waals surface area contributed by atoms with Gasteiger partial charge in [-0.05, 0) is 12.8 Å². The average molecular weight is 149 g/mol. The van der Waals surface area contributed by atoms with Gasteiger partial charge in [0.25, 0.3) is 0 Å². The zero-order valence-corrected chi connectivity index (χ0v) is 6.45. The molecule has 0 aliphatic heterocycles. The highest BCUT2D eigenvalue weighted by atomic mass is 15.2. The van der Waals surface area contributed by atoms with Gasteiger partial charge in [-0.3, -0.25) is 4.90 Å². The number of hydrogen-bond donors (Lipinski definition) is 0. The van der Waals surface area contributed by atoms with E-state index in [0.29, 0.717) is 19.0 Å². The van der Waals surface area contributed by atoms with Gasteiger partial charge in [-0.2, -0.15) is 10.5 Å². The Balaban J connectivity index is 2.23. The molecule has 3 heteroatoms. The summed E-state index contributed by atoms with van der Waals surface area (Å²) in [6.07, 6.45) is 2.94. The lowest BCUT2D eigenvalue weighted by Gasteiger charge is -2.15. The van der Waals surface area contributed by atoms with E-state index < -0.39 is 0 Å². The molecule has 0 N–H and O–H groups in total. The monoisotopic (exact) mass is 149 g/mol. The summed E-state index contributed by atoms with van der Waals surface area (Å²) in [5.74, 6) is 0. The normalized spacial score (nSPS) is 15.9. The summed E-state index contributed by atoms with van der Waals surface area (Å²) in [6.45, 7) is 1.24. The Labute approximate surface area is 66.8 Å². The molecule has 3 nitrogen and oxygen atoms in total. The van der Waals surface area contributed by atoms with E-state index >= 15 is 0 Å². The zero-order chi connectivity index (χ0) is 8.10. The summed E-state index contributed by atoms with van der Waals surface area (Å²) in [6, 6.07) is 4.80. The van der Waals surface area contributed by atoms with Crippen LogP contribution in [0.25, 0.3) is 0 Å². The van der Waals surface area contributed by atoms with E-state index in [4.69, 9.17) is 10.5 Å². The van der Waals surface area contributed by atoms with Gasteiger partial charge < -0.3 is 0 Å². The molecule has 0 aromatic carbocycles. The van der Waals surface area contributed by atoms with Crippen LogP contribution in [0.2, 0.25) is 0 Å². The first kappa shape index (κ1) is 8.04. The van der Waals surface area contributed by atoms with E-state index in [-0.39, 0.29) is 0 Å². The van der Waals surface area contributed by atoms with Gasteiger partial charge in [-0.1, -0.05) is 0 Å². The van der Waals surface area contributed by atoms with Crippen molar-refractivity contribution < 1.29 is 0 Å². The van der Waals surface area contributed by atoms with Crippen LogP contribution in [0.5, 0.6) is 0 Å². The Morgan fingerprint density at radius 1 is 1.27 bits per heavy atom. The predicted molar refractivity (Wildman–Crippen MR) is 40.4 cm³/mol. The summed E-state index contributed by atoms with van der Waals surface area (Å²) in [5, 5.41) is 16.8. The molecular weight excluding hydrogens is 138 g/mol. The second-order valence-corrected chi connectivity index (χ2v) is 2.77. The maximum atomic E-state index is 8.44. The van der Waals surface area contributed by atoms with Crippen molar-refractivity contribution in [3.8, 4) is 12.1 Å². The summed E-state index contributed by atoms with van der Waals surface area (Å²) in [4.78, 5) is 2.09. The first-order chi connectivity index (χ1) is 5.38. The number of nitriles is 2. The van der Waals surface area contributed by atoms with Crippen LogP contribution in [0.1, 0.15) is 19.3 Å². The van der Waals surface area contributed by atoms with E-state index in [1.165, 1.54) is 12.8 Å². The Morgan fingerprint density at radius 2 is 2.00 bits per heavy atom. The molecular formula is C8H11N3. The Kier molecular flexibility index (Phi) is 2.89. The molecule has 0 heterocycles. The first-order valence-electron chi connectivity index (χ1n) is 3.86. The second kappa shape index (κ2) is 3.95. The van der Waals surface area contributed by atoms with Gasteiger partial charge in [0.2, 0.25) is 0 Å². The molecule has 0 aromatic heterocycles. The van der Waals surface area contributed by atoms with Crippen molar-refractivity contribution in [1.29, 1.82) is 10.5 Å². The minimum atomic E-state index is 0.479. The van der Waals surface area contributed by atoms with Gasteiger partial charge in [0.05, 0.1) is 18.7 Å². The summed E-state index contributed by atoms with van der Waals surface area (Å²) in [5.41, 5.74) is 0. The van der Waals surface area contributed by atoms with Gasteiger partial charge in [-0.15, -0.1) is 0 Å². The highest BCUT2D eigenvalue weighted by Gasteiger charge is 2.27. The molecule has 0 saturated heterocycles. The molecule has 0 radical (unpaired) electrons. The Hall–Kier alpha value is -1.06. The Morgan fingerprint density at radius 3 is 2.45 bits per heavy atom. The molecule has 0 aromatic rings. The SMILES string of the molecule is N#CCCN(CC#N)C1CC1. The fourth-order valence-corrected chi connectivity index (χ4v) is 1.11. The van der Waals surface area contributed by atoms with Crippen molar-refractivity contribution in [3.05, 3.63) is 0 Å². The molecule has 1 aliphatic carbocycles. The van der Waals surface area contributed by atoms with E-state index in [2.05, 4.69) is 17.0 Å². The van der Waals surface area contributed by atoms with Gasteiger partial charge in [0.1, 0.15) is 0 Å². The maximum Gasteiger partial charge on any atom is 0.0868 e. The average Bonchev–Trinajstić information content (AvgIpc) is 2.80. The fourth-order valence-electron chi connectivity index (χ4n) is 1.11. The van der Waals surface area contributed by atoms with Crippen molar-refractivity contribution in [2.45, 2.75) is 25.3 Å². The highest BCUT2D eigenvalue weighted by molar-refractivity contribution is 4.90. The van der Waals surface area contributed by atoms with Crippen molar-refractivity contribution in [3.63, 3.8) is 0 Å². The number of hydrogen-bond acceptors (Lipinski definition) is 3. The maximum absolute atomic E-state index is 8.44. The molecule has 1 fully saturated rings. The minimum absolute atomic E-state index is 0.479. The van der Waals surface area contributed by atoms with Gasteiger partial charge in [0, 0.05) is 19.0 Å². The quantitative estimate of drug-likeness (QED) is 0.558. The van der Waals surface area contributed by atoms with Crippen molar-refractivity contribution in [1.82, 2.24) is 4.90 Å². The largest absolute Gasteiger partial charge is 0.287 e. The molecule has 1 rings (SSSR count). The van der Waals surface area contributed by atoms with Crippen LogP contribution in [0.3, 0.4) is 0 Å². The van der Waals surface area contributed by atoms with Crippen LogP contribution in [0, 0.1) is 22.7 Å². The molecule has 0 amide bonds. The summed E-state index contributed by atoms with van der Waals surface area (Å²) >= 11 is 0. The minimum Gasteiger partial charge on any atom is -0.287 e. The van der Waals surface area contributed by atoms with E-state index in [1.54, 1.807) is 0 Å². The molecule has 58 valence electrons. The Bertz CT molecular complexity index is 194. The van der Waals surface area contributed by atoms with Crippen LogP contribution in [-0.2, 0) is 0 Å². The summed E-state index contributed by atoms with van der Waals surface area (Å²) in [7, 11) is 0. The third kappa shape index (κ3) is 2.57. The number of rotatable bonds is 4. The standard InChI is InChI=1S/C8H11N3/c9-4-1-6-11(7-5-10)8-2-3-8/h8H,1-3,6-7H2. The topological polar surface area (TPSA) is 50.8 Å². The lowest BCUT2D eigenvalue weighted by Crippen LogP contribution is -2.27. The molecule has 1 saturated carbocycles. The molecule has 0 spiro atoms. The van der Waals surface area contributed by atoms with Crippen molar-refractivity contribution in [2.75, 3.05) is 13.1 Å². The van der Waals surface area contributed by atoms with Gasteiger partial charge in [0.15, 0.2) is 0 Å². The molecule has 11 heavy (non-hydrogen) atoms. The molecule has 0 atom stereocenters. The molecule has 0 unspecified atom stereocenters. The lowest BCUT2D eigenvalue weighted by molar-refractivity contribution is 0.302. The lowest BCUT2D eigenvalue weighted by atomic mass is 10.4. The van der Waals surface area contributed by atoms with Crippen LogP contribution < -0.4 is 0 Å². The zero-order valence-electron chi connectivity index (χ0n) is 6.45. The van der Waals surface area contributed by atoms with Crippen LogP contribution in [0.4, 0.5) is 0 Å². The van der Waals surface area contributed by atoms with Gasteiger partial charge >= 0.3 is 0 Å². The fraction of sp³-hybridized carbons (Fsp3) is 0.750. The van der Waals surface area contributed by atoms with Gasteiger partial charge in [-0.25, -0.2) is 0 Å². The first-order valence-corrected chi connectivity index (χ1v) is 3.86. The van der Waals surface area contributed by atoms with E-state index in [0.717, 1.165) is 6.54 Å². The number of nitrogens with zero attached hydrogens (tertiary/aromatic N) is 3. The van der Waals surface area contributed by atoms with E-state index in [1.807, 2.05) is 0 Å². The smallest absolute Gasteiger partial charge is 0.0868 e. The van der Waals surface area contributed by atoms with Crippen molar-refractivity contribution >= 4 is 0 Å².